The number of hydrogen-bond donors (Lipinski definition) is 1. The van der Waals surface area contributed by atoms with Gasteiger partial charge in [0.25, 0.3) is 0 Å². The van der Waals surface area contributed by atoms with Gasteiger partial charge in [-0.1, -0.05) is 26.2 Å². The van der Waals surface area contributed by atoms with Crippen molar-refractivity contribution < 1.29 is 14.7 Å². The van der Waals surface area contributed by atoms with E-state index in [1.54, 1.807) is 4.90 Å². The zero-order chi connectivity index (χ0) is 12.7. The minimum Gasteiger partial charge on any atom is -0.481 e. The summed E-state index contributed by atoms with van der Waals surface area (Å²) in [5, 5.41) is 8.68. The highest BCUT2D eigenvalue weighted by molar-refractivity contribution is 5.79. The maximum absolute atomic E-state index is 12.2. The van der Waals surface area contributed by atoms with E-state index in [4.69, 9.17) is 5.11 Å². The van der Waals surface area contributed by atoms with E-state index in [2.05, 4.69) is 0 Å². The molecule has 1 amide bonds. The molecule has 1 aliphatic carbocycles. The first-order valence-electron chi connectivity index (χ1n) is 6.65. The highest BCUT2D eigenvalue weighted by Gasteiger charge is 2.25. The van der Waals surface area contributed by atoms with Crippen LogP contribution in [0.4, 0.5) is 0 Å². The number of carbonyl (C=O) groups is 2. The lowest BCUT2D eigenvalue weighted by atomic mass is 9.88. The standard InChI is InChI=1S/C13H23NO3/c1-2-9-14(10-8-12(15)16)13(17)11-6-4-3-5-7-11/h11H,2-10H2,1H3,(H,15,16). The van der Waals surface area contributed by atoms with E-state index in [-0.39, 0.29) is 18.2 Å². The van der Waals surface area contributed by atoms with Gasteiger partial charge in [-0.05, 0) is 19.3 Å². The van der Waals surface area contributed by atoms with Gasteiger partial charge in [0.15, 0.2) is 0 Å². The first-order chi connectivity index (χ1) is 8.15. The molecular weight excluding hydrogens is 218 g/mol. The molecule has 1 aliphatic rings. The van der Waals surface area contributed by atoms with E-state index in [0.29, 0.717) is 13.1 Å². The van der Waals surface area contributed by atoms with Crippen LogP contribution in [0, 0.1) is 5.92 Å². The lowest BCUT2D eigenvalue weighted by Crippen LogP contribution is -2.38. The van der Waals surface area contributed by atoms with Gasteiger partial charge < -0.3 is 10.0 Å². The molecule has 0 aliphatic heterocycles. The van der Waals surface area contributed by atoms with Crippen molar-refractivity contribution in [3.05, 3.63) is 0 Å². The van der Waals surface area contributed by atoms with E-state index in [1.165, 1.54) is 6.42 Å². The lowest BCUT2D eigenvalue weighted by molar-refractivity contribution is -0.140. The average Bonchev–Trinajstić information content (AvgIpc) is 2.34. The number of hydrogen-bond acceptors (Lipinski definition) is 2. The Morgan fingerprint density at radius 1 is 1.18 bits per heavy atom. The van der Waals surface area contributed by atoms with Crippen LogP contribution in [-0.2, 0) is 9.59 Å². The van der Waals surface area contributed by atoms with Crippen molar-refractivity contribution in [2.75, 3.05) is 13.1 Å². The van der Waals surface area contributed by atoms with E-state index in [1.807, 2.05) is 6.92 Å². The third-order valence-corrected chi connectivity index (χ3v) is 3.36. The molecule has 0 aromatic heterocycles. The average molecular weight is 241 g/mol. The molecule has 0 atom stereocenters. The van der Waals surface area contributed by atoms with Gasteiger partial charge >= 0.3 is 5.97 Å². The summed E-state index contributed by atoms with van der Waals surface area (Å²) in [6.07, 6.45) is 6.39. The first-order valence-corrected chi connectivity index (χ1v) is 6.65. The molecule has 0 unspecified atom stereocenters. The Balaban J connectivity index is 2.48. The van der Waals surface area contributed by atoms with Crippen LogP contribution in [0.15, 0.2) is 0 Å². The summed E-state index contributed by atoms with van der Waals surface area (Å²) >= 11 is 0. The van der Waals surface area contributed by atoms with Crippen LogP contribution in [-0.4, -0.2) is 35.0 Å². The minimum absolute atomic E-state index is 0.0540. The second-order valence-electron chi connectivity index (χ2n) is 4.80. The molecule has 1 fully saturated rings. The van der Waals surface area contributed by atoms with Crippen LogP contribution in [0.3, 0.4) is 0 Å². The van der Waals surface area contributed by atoms with Crippen LogP contribution in [0.2, 0.25) is 0 Å². The molecular formula is C13H23NO3. The molecule has 4 heteroatoms. The predicted molar refractivity (Wildman–Crippen MR) is 65.7 cm³/mol. The van der Waals surface area contributed by atoms with Gasteiger partial charge in [0, 0.05) is 19.0 Å². The molecule has 17 heavy (non-hydrogen) atoms. The van der Waals surface area contributed by atoms with Gasteiger partial charge in [0.05, 0.1) is 6.42 Å². The summed E-state index contributed by atoms with van der Waals surface area (Å²) in [5.41, 5.74) is 0. The maximum atomic E-state index is 12.2. The topological polar surface area (TPSA) is 57.6 Å². The molecule has 0 radical (unpaired) electrons. The number of carbonyl (C=O) groups excluding carboxylic acids is 1. The van der Waals surface area contributed by atoms with Gasteiger partial charge in [-0.15, -0.1) is 0 Å². The molecule has 4 nitrogen and oxygen atoms in total. The van der Waals surface area contributed by atoms with Gasteiger partial charge in [0.1, 0.15) is 0 Å². The number of rotatable bonds is 6. The van der Waals surface area contributed by atoms with Gasteiger partial charge in [-0.2, -0.15) is 0 Å². The van der Waals surface area contributed by atoms with E-state index in [0.717, 1.165) is 32.1 Å². The SMILES string of the molecule is CCCN(CCC(=O)O)C(=O)C1CCCCC1. The number of nitrogens with zero attached hydrogens (tertiary/aromatic N) is 1. The molecule has 1 saturated carbocycles. The van der Waals surface area contributed by atoms with Crippen LogP contribution in [0.5, 0.6) is 0 Å². The summed E-state index contributed by atoms with van der Waals surface area (Å²) in [6.45, 7) is 3.06. The smallest absolute Gasteiger partial charge is 0.305 e. The number of amides is 1. The van der Waals surface area contributed by atoms with Gasteiger partial charge in [-0.3, -0.25) is 9.59 Å². The molecule has 0 bridgehead atoms. The number of carboxylic acids is 1. The predicted octanol–water partition coefficient (Wildman–Crippen LogP) is 2.28. The van der Waals surface area contributed by atoms with Crippen molar-refractivity contribution >= 4 is 11.9 Å². The Morgan fingerprint density at radius 3 is 2.35 bits per heavy atom. The van der Waals surface area contributed by atoms with Crippen molar-refractivity contribution in [1.82, 2.24) is 4.90 Å². The molecule has 0 heterocycles. The molecule has 0 spiro atoms. The van der Waals surface area contributed by atoms with E-state index in [9.17, 15) is 9.59 Å². The zero-order valence-electron chi connectivity index (χ0n) is 10.7. The Bertz CT molecular complexity index is 259. The Hall–Kier alpha value is -1.06. The fourth-order valence-electron chi connectivity index (χ4n) is 2.44. The van der Waals surface area contributed by atoms with Gasteiger partial charge in [0.2, 0.25) is 5.91 Å². The van der Waals surface area contributed by atoms with Gasteiger partial charge in [-0.25, -0.2) is 0 Å². The monoisotopic (exact) mass is 241 g/mol. The van der Waals surface area contributed by atoms with Crippen molar-refractivity contribution in [2.24, 2.45) is 5.92 Å². The molecule has 0 saturated heterocycles. The highest BCUT2D eigenvalue weighted by atomic mass is 16.4. The third kappa shape index (κ3) is 4.75. The second kappa shape index (κ2) is 7.30. The largest absolute Gasteiger partial charge is 0.481 e. The second-order valence-corrected chi connectivity index (χ2v) is 4.80. The number of carboxylic acid groups (broad SMARTS) is 1. The van der Waals surface area contributed by atoms with Crippen LogP contribution >= 0.6 is 0 Å². The number of aliphatic carboxylic acids is 1. The fourth-order valence-corrected chi connectivity index (χ4v) is 2.44. The molecule has 98 valence electrons. The molecule has 0 aromatic carbocycles. The van der Waals surface area contributed by atoms with Crippen LogP contribution in [0.1, 0.15) is 51.9 Å². The molecule has 0 aromatic rings. The van der Waals surface area contributed by atoms with Crippen molar-refractivity contribution in [2.45, 2.75) is 51.9 Å². The Morgan fingerprint density at radius 2 is 1.82 bits per heavy atom. The van der Waals surface area contributed by atoms with E-state index < -0.39 is 5.97 Å². The zero-order valence-corrected chi connectivity index (χ0v) is 10.7. The minimum atomic E-state index is -0.831. The van der Waals surface area contributed by atoms with Crippen molar-refractivity contribution in [1.29, 1.82) is 0 Å². The molecule has 1 rings (SSSR count). The van der Waals surface area contributed by atoms with Crippen molar-refractivity contribution in [3.8, 4) is 0 Å². The first kappa shape index (κ1) is 14.0. The van der Waals surface area contributed by atoms with E-state index >= 15 is 0 Å². The Labute approximate surface area is 103 Å². The molecule has 1 N–H and O–H groups in total. The van der Waals surface area contributed by atoms with Crippen LogP contribution < -0.4 is 0 Å². The van der Waals surface area contributed by atoms with Crippen molar-refractivity contribution in [3.63, 3.8) is 0 Å². The van der Waals surface area contributed by atoms with Crippen LogP contribution in [0.25, 0.3) is 0 Å². The summed E-state index contributed by atoms with van der Waals surface area (Å²) in [6, 6.07) is 0. The quantitative estimate of drug-likeness (QED) is 0.776. The maximum Gasteiger partial charge on any atom is 0.305 e. The summed E-state index contributed by atoms with van der Waals surface area (Å²) < 4.78 is 0. The summed E-state index contributed by atoms with van der Waals surface area (Å²) in [4.78, 5) is 24.5. The third-order valence-electron chi connectivity index (χ3n) is 3.36. The summed E-state index contributed by atoms with van der Waals surface area (Å²) in [7, 11) is 0. The highest BCUT2D eigenvalue weighted by Crippen LogP contribution is 2.25. The Kier molecular flexibility index (Phi) is 6.01. The summed E-state index contributed by atoms with van der Waals surface area (Å²) in [5.74, 6) is -0.514. The fraction of sp³-hybridized carbons (Fsp3) is 0.846. The lowest BCUT2D eigenvalue weighted by Gasteiger charge is -2.28. The normalized spacial score (nSPS) is 16.8.